The number of benzene rings is 1. The van der Waals surface area contributed by atoms with E-state index in [-0.39, 0.29) is 10.8 Å². The Kier molecular flexibility index (Phi) is 4.35. The van der Waals surface area contributed by atoms with E-state index in [9.17, 15) is 8.78 Å². The number of hydrogen-bond acceptors (Lipinski definition) is 3. The van der Waals surface area contributed by atoms with Gasteiger partial charge in [0.1, 0.15) is 0 Å². The SMILES string of the molecule is FC(F)n1c(=S)n(CN2CCCC2c2cccnc2)c2ccccc21. The molecule has 4 nitrogen and oxygen atoms in total. The number of para-hydroxylation sites is 2. The highest BCUT2D eigenvalue weighted by atomic mass is 32.1. The Morgan fingerprint density at radius 3 is 2.68 bits per heavy atom. The molecule has 1 unspecified atom stereocenters. The lowest BCUT2D eigenvalue weighted by atomic mass is 10.1. The van der Waals surface area contributed by atoms with Crippen molar-refractivity contribution < 1.29 is 8.78 Å². The number of halogens is 2. The van der Waals surface area contributed by atoms with E-state index in [4.69, 9.17) is 12.2 Å². The van der Waals surface area contributed by atoms with Crippen molar-refractivity contribution in [3.8, 4) is 0 Å². The molecule has 0 saturated carbocycles. The number of hydrogen-bond donors (Lipinski definition) is 0. The molecule has 7 heteroatoms. The Labute approximate surface area is 149 Å². The molecule has 0 N–H and O–H groups in total. The summed E-state index contributed by atoms with van der Waals surface area (Å²) in [5.41, 5.74) is 2.37. The van der Waals surface area contributed by atoms with Crippen LogP contribution in [0.2, 0.25) is 0 Å². The van der Waals surface area contributed by atoms with Crippen molar-refractivity contribution in [3.63, 3.8) is 0 Å². The second-order valence-electron chi connectivity index (χ2n) is 6.25. The normalized spacial score (nSPS) is 18.4. The van der Waals surface area contributed by atoms with E-state index in [1.54, 1.807) is 18.3 Å². The molecule has 1 saturated heterocycles. The maximum absolute atomic E-state index is 13.5. The third kappa shape index (κ3) is 2.87. The molecule has 0 bridgehead atoms. The Bertz CT molecular complexity index is 935. The summed E-state index contributed by atoms with van der Waals surface area (Å²) in [6.45, 7) is -1.24. The molecule has 1 aliphatic heterocycles. The molecule has 1 aromatic carbocycles. The second kappa shape index (κ2) is 6.65. The van der Waals surface area contributed by atoms with Crippen LogP contribution in [0, 0.1) is 4.77 Å². The zero-order valence-electron chi connectivity index (χ0n) is 13.6. The first-order valence-electron chi connectivity index (χ1n) is 8.28. The molecule has 130 valence electrons. The van der Waals surface area contributed by atoms with Crippen LogP contribution in [-0.4, -0.2) is 25.6 Å². The molecule has 1 aliphatic rings. The van der Waals surface area contributed by atoms with Crippen LogP contribution in [0.3, 0.4) is 0 Å². The smallest absolute Gasteiger partial charge is 0.303 e. The second-order valence-corrected chi connectivity index (χ2v) is 6.61. The van der Waals surface area contributed by atoms with E-state index < -0.39 is 6.55 Å². The van der Waals surface area contributed by atoms with Crippen molar-refractivity contribution in [1.82, 2.24) is 19.0 Å². The lowest BCUT2D eigenvalue weighted by Gasteiger charge is -2.25. The fourth-order valence-electron chi connectivity index (χ4n) is 3.69. The van der Waals surface area contributed by atoms with E-state index in [0.29, 0.717) is 12.2 Å². The van der Waals surface area contributed by atoms with Gasteiger partial charge < -0.3 is 4.57 Å². The van der Waals surface area contributed by atoms with Gasteiger partial charge in [0.05, 0.1) is 17.7 Å². The third-order valence-electron chi connectivity index (χ3n) is 4.82. The van der Waals surface area contributed by atoms with Gasteiger partial charge in [0, 0.05) is 25.0 Å². The van der Waals surface area contributed by atoms with Crippen molar-refractivity contribution in [2.45, 2.75) is 32.1 Å². The van der Waals surface area contributed by atoms with Gasteiger partial charge in [-0.1, -0.05) is 18.2 Å². The first kappa shape index (κ1) is 16.4. The third-order valence-corrected chi connectivity index (χ3v) is 5.24. The van der Waals surface area contributed by atoms with E-state index in [1.807, 2.05) is 29.0 Å². The molecule has 3 aromatic rings. The maximum atomic E-state index is 13.5. The summed E-state index contributed by atoms with van der Waals surface area (Å²) in [6.07, 6.45) is 5.74. The first-order chi connectivity index (χ1) is 12.2. The van der Waals surface area contributed by atoms with Crippen molar-refractivity contribution in [3.05, 3.63) is 59.1 Å². The van der Waals surface area contributed by atoms with Crippen LogP contribution in [-0.2, 0) is 6.67 Å². The highest BCUT2D eigenvalue weighted by Gasteiger charge is 2.27. The van der Waals surface area contributed by atoms with Crippen LogP contribution in [0.4, 0.5) is 8.78 Å². The summed E-state index contributed by atoms with van der Waals surface area (Å²) in [5, 5.41) is 0. The Hall–Kier alpha value is -2.12. The minimum Gasteiger partial charge on any atom is -0.303 e. The standard InChI is InChI=1S/C18H18F2N4S/c19-17(20)24-16-7-2-1-6-15(16)23(18(24)25)12-22-10-4-8-14(22)13-5-3-9-21-11-13/h1-3,5-7,9,11,14,17H,4,8,10,12H2. The predicted octanol–water partition coefficient (Wildman–Crippen LogP) is 4.76. The lowest BCUT2D eigenvalue weighted by molar-refractivity contribution is 0.0714. The van der Waals surface area contributed by atoms with Crippen LogP contribution < -0.4 is 0 Å². The minimum absolute atomic E-state index is 0.160. The minimum atomic E-state index is -2.65. The summed E-state index contributed by atoms with van der Waals surface area (Å²) < 4.78 is 29.9. The van der Waals surface area contributed by atoms with Gasteiger partial charge in [-0.15, -0.1) is 0 Å². The molecule has 0 spiro atoms. The Morgan fingerprint density at radius 1 is 1.16 bits per heavy atom. The largest absolute Gasteiger partial charge is 0.321 e. The summed E-state index contributed by atoms with van der Waals surface area (Å²) in [7, 11) is 0. The van der Waals surface area contributed by atoms with Gasteiger partial charge in [0.15, 0.2) is 4.77 Å². The molecule has 1 atom stereocenters. The highest BCUT2D eigenvalue weighted by molar-refractivity contribution is 7.71. The van der Waals surface area contributed by atoms with Crippen LogP contribution >= 0.6 is 12.2 Å². The van der Waals surface area contributed by atoms with E-state index in [1.165, 1.54) is 0 Å². The predicted molar refractivity (Wildman–Crippen MR) is 94.9 cm³/mol. The molecular weight excluding hydrogens is 342 g/mol. The molecule has 3 heterocycles. The number of pyridine rings is 1. The fourth-order valence-corrected chi connectivity index (χ4v) is 4.02. The zero-order chi connectivity index (χ0) is 17.4. The van der Waals surface area contributed by atoms with Gasteiger partial charge in [0.2, 0.25) is 0 Å². The van der Waals surface area contributed by atoms with Crippen LogP contribution in [0.1, 0.15) is 31.0 Å². The van der Waals surface area contributed by atoms with E-state index >= 15 is 0 Å². The topological polar surface area (TPSA) is 26.0 Å². The van der Waals surface area contributed by atoms with Crippen LogP contribution in [0.5, 0.6) is 0 Å². The van der Waals surface area contributed by atoms with Crippen molar-refractivity contribution in [1.29, 1.82) is 0 Å². The number of aromatic nitrogens is 3. The quantitative estimate of drug-likeness (QED) is 0.628. The summed E-state index contributed by atoms with van der Waals surface area (Å²) in [4.78, 5) is 6.49. The molecule has 1 fully saturated rings. The monoisotopic (exact) mass is 360 g/mol. The molecule has 0 amide bonds. The molecule has 25 heavy (non-hydrogen) atoms. The fraction of sp³-hybridized carbons (Fsp3) is 0.333. The molecule has 0 aliphatic carbocycles. The van der Waals surface area contributed by atoms with Gasteiger partial charge in [-0.2, -0.15) is 8.78 Å². The van der Waals surface area contributed by atoms with E-state index in [0.717, 1.165) is 35.0 Å². The van der Waals surface area contributed by atoms with E-state index in [2.05, 4.69) is 16.0 Å². The van der Waals surface area contributed by atoms with Gasteiger partial charge in [-0.05, 0) is 48.8 Å². The van der Waals surface area contributed by atoms with Gasteiger partial charge in [0.25, 0.3) is 0 Å². The molecular formula is C18H18F2N4S. The summed E-state index contributed by atoms with van der Waals surface area (Å²) in [6, 6.07) is 11.4. The molecule has 0 radical (unpaired) electrons. The van der Waals surface area contributed by atoms with Crippen molar-refractivity contribution in [2.75, 3.05) is 6.54 Å². The number of fused-ring (bicyclic) bond motifs is 1. The van der Waals surface area contributed by atoms with Gasteiger partial charge in [-0.3, -0.25) is 14.5 Å². The van der Waals surface area contributed by atoms with Crippen LogP contribution in [0.15, 0.2) is 48.8 Å². The highest BCUT2D eigenvalue weighted by Crippen LogP contribution is 2.33. The number of imidazole rings is 1. The first-order valence-corrected chi connectivity index (χ1v) is 8.69. The number of rotatable bonds is 4. The zero-order valence-corrected chi connectivity index (χ0v) is 14.4. The number of nitrogens with zero attached hydrogens (tertiary/aromatic N) is 4. The molecule has 2 aromatic heterocycles. The average Bonchev–Trinajstić information content (AvgIpc) is 3.19. The number of alkyl halides is 2. The van der Waals surface area contributed by atoms with Crippen LogP contribution in [0.25, 0.3) is 11.0 Å². The lowest BCUT2D eigenvalue weighted by Crippen LogP contribution is -2.26. The van der Waals surface area contributed by atoms with Crippen molar-refractivity contribution >= 4 is 23.3 Å². The van der Waals surface area contributed by atoms with Gasteiger partial charge >= 0.3 is 6.55 Å². The Balaban J connectivity index is 1.74. The van der Waals surface area contributed by atoms with Crippen molar-refractivity contribution in [2.24, 2.45) is 0 Å². The average molecular weight is 360 g/mol. The maximum Gasteiger partial charge on any atom is 0.321 e. The number of likely N-dealkylation sites (tertiary alicyclic amines) is 1. The molecule has 4 rings (SSSR count). The summed E-state index contributed by atoms with van der Waals surface area (Å²) >= 11 is 5.37. The Morgan fingerprint density at radius 2 is 1.96 bits per heavy atom. The van der Waals surface area contributed by atoms with Gasteiger partial charge in [-0.25, -0.2) is 0 Å². The summed E-state index contributed by atoms with van der Waals surface area (Å²) in [5.74, 6) is 0.